The number of H-pyrrole nitrogens is 1. The average molecular weight is 405 g/mol. The van der Waals surface area contributed by atoms with Gasteiger partial charge in [0.2, 0.25) is 0 Å². The number of hydrogen-bond donors (Lipinski definition) is 2. The van der Waals surface area contributed by atoms with Gasteiger partial charge in [-0.3, -0.25) is 19.7 Å². The lowest BCUT2D eigenvalue weighted by molar-refractivity contribution is 0.0920. The Morgan fingerprint density at radius 3 is 2.67 bits per heavy atom. The minimum atomic E-state index is -0.604. The van der Waals surface area contributed by atoms with Gasteiger partial charge in [-0.25, -0.2) is 13.9 Å². The first kappa shape index (κ1) is 19.5. The number of rotatable bonds is 5. The smallest absolute Gasteiger partial charge is 0.272 e. The molecule has 4 aromatic rings. The second kappa shape index (κ2) is 7.90. The summed E-state index contributed by atoms with van der Waals surface area (Å²) in [6.07, 6.45) is 3.35. The summed E-state index contributed by atoms with van der Waals surface area (Å²) in [5, 5.41) is 5.82. The van der Waals surface area contributed by atoms with Crippen LogP contribution in [-0.2, 0) is 0 Å². The number of aromatic amines is 1. The molecule has 7 nitrogen and oxygen atoms in total. The lowest BCUT2D eigenvalue weighted by Gasteiger charge is -2.22. The van der Waals surface area contributed by atoms with E-state index < -0.39 is 17.8 Å². The molecule has 0 saturated carbocycles. The van der Waals surface area contributed by atoms with E-state index >= 15 is 0 Å². The van der Waals surface area contributed by atoms with Gasteiger partial charge in [-0.1, -0.05) is 26.0 Å². The highest BCUT2D eigenvalue weighted by atomic mass is 19.1. The number of halogens is 1. The van der Waals surface area contributed by atoms with Crippen molar-refractivity contribution in [2.24, 2.45) is 5.92 Å². The van der Waals surface area contributed by atoms with Crippen molar-refractivity contribution in [1.29, 1.82) is 0 Å². The summed E-state index contributed by atoms with van der Waals surface area (Å²) in [6.45, 7) is 3.79. The van der Waals surface area contributed by atoms with Crippen molar-refractivity contribution in [1.82, 2.24) is 24.9 Å². The molecular formula is C22H20FN5O2. The normalized spacial score (nSPS) is 12.3. The molecule has 0 unspecified atom stereocenters. The molecule has 0 aliphatic heterocycles. The molecule has 0 aliphatic rings. The maximum absolute atomic E-state index is 14.0. The van der Waals surface area contributed by atoms with E-state index in [1.54, 1.807) is 30.6 Å². The number of carbonyl (C=O) groups excluding carboxylic acids is 1. The highest BCUT2D eigenvalue weighted by Crippen LogP contribution is 2.22. The van der Waals surface area contributed by atoms with E-state index in [0.29, 0.717) is 17.0 Å². The monoisotopic (exact) mass is 405 g/mol. The Hall–Kier alpha value is -3.81. The Kier molecular flexibility index (Phi) is 5.14. The van der Waals surface area contributed by atoms with Crippen molar-refractivity contribution >= 4 is 11.6 Å². The van der Waals surface area contributed by atoms with E-state index in [-0.39, 0.29) is 17.0 Å². The van der Waals surface area contributed by atoms with E-state index in [9.17, 15) is 14.0 Å². The Labute approximate surface area is 171 Å². The molecule has 0 bridgehead atoms. The van der Waals surface area contributed by atoms with Crippen LogP contribution in [0.1, 0.15) is 35.9 Å². The highest BCUT2D eigenvalue weighted by Gasteiger charge is 2.23. The number of aromatic nitrogens is 4. The van der Waals surface area contributed by atoms with Gasteiger partial charge >= 0.3 is 0 Å². The van der Waals surface area contributed by atoms with Crippen molar-refractivity contribution in [2.45, 2.75) is 19.9 Å². The summed E-state index contributed by atoms with van der Waals surface area (Å²) >= 11 is 0. The van der Waals surface area contributed by atoms with Crippen molar-refractivity contribution in [3.05, 3.63) is 88.4 Å². The zero-order valence-electron chi connectivity index (χ0n) is 16.5. The molecule has 8 heteroatoms. The molecule has 0 spiro atoms. The fraction of sp³-hybridized carbons (Fsp3) is 0.182. The van der Waals surface area contributed by atoms with Crippen molar-refractivity contribution in [3.63, 3.8) is 0 Å². The molecule has 1 atom stereocenters. The third-order valence-electron chi connectivity index (χ3n) is 4.83. The van der Waals surface area contributed by atoms with E-state index in [4.69, 9.17) is 0 Å². The molecule has 30 heavy (non-hydrogen) atoms. The molecule has 0 saturated heterocycles. The molecule has 1 aromatic carbocycles. The van der Waals surface area contributed by atoms with E-state index in [2.05, 4.69) is 20.4 Å². The third-order valence-corrected chi connectivity index (χ3v) is 4.83. The number of hydrogen-bond acceptors (Lipinski definition) is 4. The number of carbonyl (C=O) groups is 1. The fourth-order valence-electron chi connectivity index (χ4n) is 3.29. The molecule has 3 heterocycles. The highest BCUT2D eigenvalue weighted by molar-refractivity contribution is 5.94. The lowest BCUT2D eigenvalue weighted by atomic mass is 10.00. The van der Waals surface area contributed by atoms with Gasteiger partial charge in [-0.15, -0.1) is 0 Å². The summed E-state index contributed by atoms with van der Waals surface area (Å²) in [4.78, 5) is 34.0. The average Bonchev–Trinajstić information content (AvgIpc) is 3.17. The summed E-state index contributed by atoms with van der Waals surface area (Å²) in [5.74, 6) is -1.24. The Morgan fingerprint density at radius 1 is 1.17 bits per heavy atom. The van der Waals surface area contributed by atoms with E-state index in [1.807, 2.05) is 19.9 Å². The van der Waals surface area contributed by atoms with E-state index in [1.165, 1.54) is 28.8 Å². The predicted octanol–water partition coefficient (Wildman–Crippen LogP) is 3.35. The molecule has 4 rings (SSSR count). The zero-order valence-corrected chi connectivity index (χ0v) is 16.5. The molecule has 1 amide bonds. The van der Waals surface area contributed by atoms with Crippen molar-refractivity contribution < 1.29 is 9.18 Å². The quantitative estimate of drug-likeness (QED) is 0.533. The Balaban J connectivity index is 1.71. The van der Waals surface area contributed by atoms with Crippen LogP contribution in [0, 0.1) is 11.7 Å². The lowest BCUT2D eigenvalue weighted by Crippen LogP contribution is -2.34. The number of pyridine rings is 1. The van der Waals surface area contributed by atoms with Gasteiger partial charge in [0.05, 0.1) is 23.0 Å². The first-order valence-corrected chi connectivity index (χ1v) is 9.52. The van der Waals surface area contributed by atoms with Gasteiger partial charge in [-0.05, 0) is 30.2 Å². The summed E-state index contributed by atoms with van der Waals surface area (Å²) in [7, 11) is 0. The summed E-state index contributed by atoms with van der Waals surface area (Å²) < 4.78 is 15.3. The van der Waals surface area contributed by atoms with Crippen LogP contribution in [0.5, 0.6) is 0 Å². The number of fused-ring (bicyclic) bond motifs is 1. The topological polar surface area (TPSA) is 92.2 Å². The summed E-state index contributed by atoms with van der Waals surface area (Å²) in [6, 6.07) is 12.0. The maximum Gasteiger partial charge on any atom is 0.272 e. The minimum absolute atomic E-state index is 0.0542. The molecule has 2 N–H and O–H groups in total. The molecule has 0 aliphatic carbocycles. The molecule has 0 radical (unpaired) electrons. The van der Waals surface area contributed by atoms with Crippen LogP contribution in [0.15, 0.2) is 65.7 Å². The number of nitrogens with zero attached hydrogens (tertiary/aromatic N) is 3. The first-order valence-electron chi connectivity index (χ1n) is 9.52. The Bertz CT molecular complexity index is 1260. The van der Waals surface area contributed by atoms with Gasteiger partial charge in [0, 0.05) is 30.1 Å². The SMILES string of the molecule is CC(C)[C@@H](NC(=O)c1ccccc1F)c1cc(=O)n2[nH]c(-c3cccnc3)cc2n1. The van der Waals surface area contributed by atoms with Gasteiger partial charge in [-0.2, -0.15) is 0 Å². The van der Waals surface area contributed by atoms with E-state index in [0.717, 1.165) is 5.56 Å². The summed E-state index contributed by atoms with van der Waals surface area (Å²) in [5.41, 5.74) is 1.98. The fourth-order valence-corrected chi connectivity index (χ4v) is 3.29. The molecule has 0 fully saturated rings. The Morgan fingerprint density at radius 2 is 1.97 bits per heavy atom. The number of amides is 1. The van der Waals surface area contributed by atoms with Gasteiger partial charge in [0.1, 0.15) is 5.82 Å². The zero-order chi connectivity index (χ0) is 21.3. The van der Waals surface area contributed by atoms with Crippen LogP contribution in [0.4, 0.5) is 4.39 Å². The third kappa shape index (κ3) is 3.71. The van der Waals surface area contributed by atoms with Crippen molar-refractivity contribution in [2.75, 3.05) is 0 Å². The van der Waals surface area contributed by atoms with Crippen LogP contribution in [-0.4, -0.2) is 25.5 Å². The maximum atomic E-state index is 14.0. The largest absolute Gasteiger partial charge is 0.343 e. The van der Waals surface area contributed by atoms with Crippen LogP contribution in [0.2, 0.25) is 0 Å². The van der Waals surface area contributed by atoms with Gasteiger partial charge < -0.3 is 5.32 Å². The number of benzene rings is 1. The second-order valence-electron chi connectivity index (χ2n) is 7.30. The molecule has 152 valence electrons. The van der Waals surface area contributed by atoms with Crippen LogP contribution in [0.25, 0.3) is 16.9 Å². The minimum Gasteiger partial charge on any atom is -0.343 e. The van der Waals surface area contributed by atoms with Crippen LogP contribution < -0.4 is 10.9 Å². The number of nitrogens with one attached hydrogen (secondary N) is 2. The van der Waals surface area contributed by atoms with Crippen LogP contribution in [0.3, 0.4) is 0 Å². The molecular weight excluding hydrogens is 385 g/mol. The second-order valence-corrected chi connectivity index (χ2v) is 7.30. The van der Waals surface area contributed by atoms with Gasteiger partial charge in [0.25, 0.3) is 11.5 Å². The first-order chi connectivity index (χ1) is 14.4. The van der Waals surface area contributed by atoms with Gasteiger partial charge in [0.15, 0.2) is 5.65 Å². The standard InChI is InChI=1S/C22H20FN5O2/c1-13(2)21(26-22(30)15-7-3-4-8-16(15)23)18-11-20(29)28-19(25-18)10-17(27-28)14-6-5-9-24-12-14/h3-13,21,27H,1-2H3,(H,26,30)/t21-/m1/s1. The molecule has 3 aromatic heterocycles. The van der Waals surface area contributed by atoms with Crippen molar-refractivity contribution in [3.8, 4) is 11.3 Å². The predicted molar refractivity (Wildman–Crippen MR) is 110 cm³/mol. The van der Waals surface area contributed by atoms with Crippen LogP contribution >= 0.6 is 0 Å².